The molecule has 0 spiro atoms. The van der Waals surface area contributed by atoms with Crippen molar-refractivity contribution in [3.63, 3.8) is 0 Å². The van der Waals surface area contributed by atoms with Crippen LogP contribution in [0.3, 0.4) is 0 Å². The highest BCUT2D eigenvalue weighted by Crippen LogP contribution is 2.35. The van der Waals surface area contributed by atoms with Crippen LogP contribution in [0, 0.1) is 5.82 Å². The third-order valence-corrected chi connectivity index (χ3v) is 4.38. The number of hydrogen-bond acceptors (Lipinski definition) is 4. The monoisotopic (exact) mass is 342 g/mol. The zero-order valence-corrected chi connectivity index (χ0v) is 14.0. The summed E-state index contributed by atoms with van der Waals surface area (Å²) in [7, 11) is 1.44. The summed E-state index contributed by atoms with van der Waals surface area (Å²) in [5.41, 5.74) is 2.20. The number of nitrogens with zero attached hydrogens (tertiary/aromatic N) is 1. The molecule has 0 atom stereocenters. The van der Waals surface area contributed by atoms with Crippen LogP contribution in [0.2, 0.25) is 0 Å². The Hall–Kier alpha value is -2.60. The third-order valence-electron chi connectivity index (χ3n) is 3.64. The minimum absolute atomic E-state index is 0.182. The lowest BCUT2D eigenvalue weighted by Crippen LogP contribution is -2.13. The van der Waals surface area contributed by atoms with E-state index in [4.69, 9.17) is 4.74 Å². The molecule has 0 aliphatic carbocycles. The summed E-state index contributed by atoms with van der Waals surface area (Å²) in [6.45, 7) is 0. The molecule has 0 amide bonds. The summed E-state index contributed by atoms with van der Waals surface area (Å²) in [6, 6.07) is 13.7. The Kier molecular flexibility index (Phi) is 4.66. The number of ether oxygens (including phenoxy) is 1. The van der Waals surface area contributed by atoms with Crippen LogP contribution >= 0.6 is 11.8 Å². The molecule has 1 N–H and O–H groups in total. The Balaban J connectivity index is 2.26. The van der Waals surface area contributed by atoms with E-state index in [2.05, 4.69) is 10.2 Å². The fourth-order valence-corrected chi connectivity index (χ4v) is 2.88. The molecule has 1 heterocycles. The zero-order chi connectivity index (χ0) is 17.1. The van der Waals surface area contributed by atoms with E-state index in [0.29, 0.717) is 16.8 Å². The van der Waals surface area contributed by atoms with Crippen LogP contribution in [0.15, 0.2) is 58.2 Å². The minimum Gasteiger partial charge on any atom is -0.491 e. The Morgan fingerprint density at radius 3 is 2.25 bits per heavy atom. The van der Waals surface area contributed by atoms with Gasteiger partial charge in [-0.3, -0.25) is 4.79 Å². The first-order chi connectivity index (χ1) is 11.6. The van der Waals surface area contributed by atoms with Crippen LogP contribution in [-0.2, 0) is 0 Å². The molecule has 1 aromatic heterocycles. The lowest BCUT2D eigenvalue weighted by Gasteiger charge is -2.13. The second-order valence-corrected chi connectivity index (χ2v) is 5.92. The van der Waals surface area contributed by atoms with Gasteiger partial charge in [0.25, 0.3) is 0 Å². The van der Waals surface area contributed by atoms with Crippen molar-refractivity contribution in [1.82, 2.24) is 10.2 Å². The van der Waals surface area contributed by atoms with Crippen LogP contribution in [0.25, 0.3) is 22.4 Å². The molecule has 2 aromatic carbocycles. The number of aromatic nitrogens is 2. The standard InChI is InChI=1S/C18H15FN2O2S/c1-23-17-15(11-5-9-14(24-2)10-6-11)16(20-21-18(17)22)12-3-7-13(19)8-4-12/h3-10H,1-2H3,(H,21,22). The maximum Gasteiger partial charge on any atom is 0.307 e. The molecule has 6 heteroatoms. The Labute approximate surface area is 142 Å². The van der Waals surface area contributed by atoms with Gasteiger partial charge in [-0.2, -0.15) is 5.10 Å². The molecular weight excluding hydrogens is 327 g/mol. The number of halogens is 1. The number of methoxy groups -OCH3 is 1. The smallest absolute Gasteiger partial charge is 0.307 e. The number of aromatic amines is 1. The average Bonchev–Trinajstić information content (AvgIpc) is 2.62. The first-order valence-electron chi connectivity index (χ1n) is 7.21. The van der Waals surface area contributed by atoms with Crippen LogP contribution in [0.4, 0.5) is 4.39 Å². The van der Waals surface area contributed by atoms with Gasteiger partial charge in [0.1, 0.15) is 11.5 Å². The topological polar surface area (TPSA) is 55.0 Å². The Morgan fingerprint density at radius 1 is 1.04 bits per heavy atom. The predicted molar refractivity (Wildman–Crippen MR) is 94.0 cm³/mol. The molecule has 0 fully saturated rings. The third kappa shape index (κ3) is 3.05. The van der Waals surface area contributed by atoms with Crippen LogP contribution in [0.5, 0.6) is 5.75 Å². The highest BCUT2D eigenvalue weighted by Gasteiger charge is 2.18. The van der Waals surface area contributed by atoms with Gasteiger partial charge in [0, 0.05) is 10.5 Å². The number of benzene rings is 2. The molecule has 0 saturated heterocycles. The molecular formula is C18H15FN2O2S. The van der Waals surface area contributed by atoms with E-state index in [1.807, 2.05) is 30.5 Å². The van der Waals surface area contributed by atoms with Crippen molar-refractivity contribution in [2.45, 2.75) is 4.90 Å². The van der Waals surface area contributed by atoms with E-state index in [0.717, 1.165) is 10.5 Å². The molecule has 0 unspecified atom stereocenters. The summed E-state index contributed by atoms with van der Waals surface area (Å²) in [6.07, 6.45) is 1.99. The second-order valence-electron chi connectivity index (χ2n) is 5.04. The number of H-pyrrole nitrogens is 1. The van der Waals surface area contributed by atoms with Crippen LogP contribution in [0.1, 0.15) is 0 Å². The van der Waals surface area contributed by atoms with Crippen molar-refractivity contribution in [2.75, 3.05) is 13.4 Å². The molecule has 0 aliphatic rings. The number of hydrogen-bond donors (Lipinski definition) is 1. The number of thioether (sulfide) groups is 1. The molecule has 3 aromatic rings. The maximum atomic E-state index is 13.2. The average molecular weight is 342 g/mol. The lowest BCUT2D eigenvalue weighted by molar-refractivity contribution is 0.408. The quantitative estimate of drug-likeness (QED) is 0.729. The molecule has 122 valence electrons. The minimum atomic E-state index is -0.410. The van der Waals surface area contributed by atoms with E-state index in [9.17, 15) is 9.18 Å². The molecule has 3 rings (SSSR count). The molecule has 24 heavy (non-hydrogen) atoms. The van der Waals surface area contributed by atoms with Gasteiger partial charge >= 0.3 is 5.56 Å². The van der Waals surface area contributed by atoms with E-state index in [1.54, 1.807) is 23.9 Å². The first-order valence-corrected chi connectivity index (χ1v) is 8.43. The van der Waals surface area contributed by atoms with Gasteiger partial charge < -0.3 is 4.74 Å². The van der Waals surface area contributed by atoms with Gasteiger partial charge in [-0.25, -0.2) is 9.49 Å². The van der Waals surface area contributed by atoms with Crippen molar-refractivity contribution in [3.8, 4) is 28.1 Å². The van der Waals surface area contributed by atoms with Gasteiger partial charge in [0.15, 0.2) is 5.75 Å². The van der Waals surface area contributed by atoms with Gasteiger partial charge in [0.05, 0.1) is 12.7 Å². The highest BCUT2D eigenvalue weighted by molar-refractivity contribution is 7.98. The van der Waals surface area contributed by atoms with Gasteiger partial charge in [-0.1, -0.05) is 12.1 Å². The molecule has 4 nitrogen and oxygen atoms in total. The van der Waals surface area contributed by atoms with Crippen molar-refractivity contribution in [2.24, 2.45) is 0 Å². The van der Waals surface area contributed by atoms with Gasteiger partial charge in [-0.15, -0.1) is 11.8 Å². The molecule has 0 aliphatic heterocycles. The SMILES string of the molecule is COc1c(-c2ccc(SC)cc2)c(-c2ccc(F)cc2)n[nH]c1=O. The van der Waals surface area contributed by atoms with E-state index in [-0.39, 0.29) is 11.6 Å². The fraction of sp³-hybridized carbons (Fsp3) is 0.111. The summed E-state index contributed by atoms with van der Waals surface area (Å²) in [4.78, 5) is 13.2. The van der Waals surface area contributed by atoms with Crippen molar-refractivity contribution < 1.29 is 9.13 Å². The zero-order valence-electron chi connectivity index (χ0n) is 13.2. The lowest BCUT2D eigenvalue weighted by atomic mass is 9.99. The largest absolute Gasteiger partial charge is 0.491 e. The van der Waals surface area contributed by atoms with Gasteiger partial charge in [0.2, 0.25) is 0 Å². The summed E-state index contributed by atoms with van der Waals surface area (Å²) in [5, 5.41) is 6.60. The number of rotatable bonds is 4. The molecule has 0 bridgehead atoms. The first kappa shape index (κ1) is 16.3. The highest BCUT2D eigenvalue weighted by atomic mass is 32.2. The van der Waals surface area contributed by atoms with Crippen molar-refractivity contribution >= 4 is 11.8 Å². The van der Waals surface area contributed by atoms with Gasteiger partial charge in [-0.05, 0) is 48.2 Å². The predicted octanol–water partition coefficient (Wildman–Crippen LogP) is 3.97. The van der Waals surface area contributed by atoms with E-state index in [1.165, 1.54) is 19.2 Å². The van der Waals surface area contributed by atoms with Crippen LogP contribution in [-0.4, -0.2) is 23.6 Å². The van der Waals surface area contributed by atoms with E-state index < -0.39 is 5.56 Å². The molecule has 0 radical (unpaired) electrons. The summed E-state index contributed by atoms with van der Waals surface area (Å²) in [5.74, 6) is -0.151. The normalized spacial score (nSPS) is 10.6. The summed E-state index contributed by atoms with van der Waals surface area (Å²) < 4.78 is 18.5. The molecule has 0 saturated carbocycles. The van der Waals surface area contributed by atoms with E-state index >= 15 is 0 Å². The second kappa shape index (κ2) is 6.88. The van der Waals surface area contributed by atoms with Crippen molar-refractivity contribution in [3.05, 3.63) is 64.7 Å². The Bertz CT molecular complexity index is 906. The maximum absolute atomic E-state index is 13.2. The summed E-state index contributed by atoms with van der Waals surface area (Å²) >= 11 is 1.63. The fourth-order valence-electron chi connectivity index (χ4n) is 2.47. The number of nitrogens with one attached hydrogen (secondary N) is 1. The van der Waals surface area contributed by atoms with Crippen molar-refractivity contribution in [1.29, 1.82) is 0 Å². The van der Waals surface area contributed by atoms with Crippen LogP contribution < -0.4 is 10.3 Å². The Morgan fingerprint density at radius 2 is 1.67 bits per heavy atom.